The summed E-state index contributed by atoms with van der Waals surface area (Å²) in [6.45, 7) is 7.59. The monoisotopic (exact) mass is 411 g/mol. The van der Waals surface area contributed by atoms with Crippen LogP contribution in [0.3, 0.4) is 0 Å². The van der Waals surface area contributed by atoms with Crippen LogP contribution >= 0.6 is 11.6 Å². The SMILES string of the molecule is CC(C)(C)OC(=O)N1CC(OCCCCCC(N)CCc2cccnc2Cl)C1. The molecule has 1 aromatic heterocycles. The number of amides is 1. The van der Waals surface area contributed by atoms with E-state index in [1.54, 1.807) is 11.1 Å². The van der Waals surface area contributed by atoms with Gasteiger partial charge in [-0.25, -0.2) is 9.78 Å². The van der Waals surface area contributed by atoms with Crippen molar-refractivity contribution in [3.05, 3.63) is 29.0 Å². The number of nitrogens with zero attached hydrogens (tertiary/aromatic N) is 2. The Bertz CT molecular complexity index is 615. The maximum atomic E-state index is 11.9. The minimum absolute atomic E-state index is 0.138. The molecule has 6 nitrogen and oxygen atoms in total. The molecule has 2 heterocycles. The topological polar surface area (TPSA) is 77.7 Å². The highest BCUT2D eigenvalue weighted by Gasteiger charge is 2.34. The van der Waals surface area contributed by atoms with Crippen LogP contribution < -0.4 is 5.73 Å². The van der Waals surface area contributed by atoms with E-state index in [0.29, 0.717) is 18.2 Å². The van der Waals surface area contributed by atoms with Gasteiger partial charge in [0.1, 0.15) is 10.8 Å². The maximum absolute atomic E-state index is 11.9. The largest absolute Gasteiger partial charge is 0.444 e. The van der Waals surface area contributed by atoms with Gasteiger partial charge in [0.05, 0.1) is 19.2 Å². The summed E-state index contributed by atoms with van der Waals surface area (Å²) in [7, 11) is 0. The van der Waals surface area contributed by atoms with Crippen molar-refractivity contribution in [3.63, 3.8) is 0 Å². The molecule has 0 bridgehead atoms. The molecule has 1 aliphatic rings. The summed E-state index contributed by atoms with van der Waals surface area (Å²) in [5.74, 6) is 0. The van der Waals surface area contributed by atoms with Crippen molar-refractivity contribution >= 4 is 17.7 Å². The number of aromatic nitrogens is 1. The normalized spacial score (nSPS) is 16.0. The fraction of sp³-hybridized carbons (Fsp3) is 0.714. The van der Waals surface area contributed by atoms with Crippen LogP contribution in [0.15, 0.2) is 18.3 Å². The van der Waals surface area contributed by atoms with E-state index >= 15 is 0 Å². The van der Waals surface area contributed by atoms with Gasteiger partial charge in [0.25, 0.3) is 0 Å². The second-order valence-electron chi connectivity index (χ2n) is 8.48. The van der Waals surface area contributed by atoms with Gasteiger partial charge in [-0.05, 0) is 58.1 Å². The number of nitrogens with two attached hydrogens (primary N) is 1. The first-order valence-corrected chi connectivity index (χ1v) is 10.6. The number of hydrogen-bond acceptors (Lipinski definition) is 5. The molecule has 0 radical (unpaired) electrons. The number of carbonyl (C=O) groups excluding carboxylic acids is 1. The zero-order valence-corrected chi connectivity index (χ0v) is 18.1. The standard InChI is InChI=1S/C21H34ClN3O3/c1-21(2,3)28-20(26)25-14-18(15-25)27-13-6-4-5-9-17(23)11-10-16-8-7-12-24-19(16)22/h7-8,12,17-18H,4-6,9-11,13-15,23H2,1-3H3. The second kappa shape index (κ2) is 11.0. The fourth-order valence-corrected chi connectivity index (χ4v) is 3.26. The molecule has 0 spiro atoms. The number of halogens is 1. The molecule has 0 aliphatic carbocycles. The van der Waals surface area contributed by atoms with Gasteiger partial charge in [0.2, 0.25) is 0 Å². The van der Waals surface area contributed by atoms with Gasteiger partial charge < -0.3 is 20.1 Å². The van der Waals surface area contributed by atoms with Gasteiger partial charge in [-0.3, -0.25) is 0 Å². The van der Waals surface area contributed by atoms with Crippen molar-refractivity contribution in [1.82, 2.24) is 9.88 Å². The molecular formula is C21H34ClN3O3. The Morgan fingerprint density at radius 3 is 2.75 bits per heavy atom. The fourth-order valence-electron chi connectivity index (χ4n) is 3.05. The van der Waals surface area contributed by atoms with Crippen molar-refractivity contribution in [3.8, 4) is 0 Å². The summed E-state index contributed by atoms with van der Waals surface area (Å²) in [6, 6.07) is 4.09. The molecular weight excluding hydrogens is 378 g/mol. The number of rotatable bonds is 10. The molecule has 1 amide bonds. The molecule has 2 N–H and O–H groups in total. The molecule has 1 aliphatic heterocycles. The highest BCUT2D eigenvalue weighted by Crippen LogP contribution is 2.18. The summed E-state index contributed by atoms with van der Waals surface area (Å²) in [6.07, 6.45) is 7.60. The average molecular weight is 412 g/mol. The zero-order chi connectivity index (χ0) is 20.6. The van der Waals surface area contributed by atoms with Crippen LogP contribution in [0.4, 0.5) is 4.79 Å². The zero-order valence-electron chi connectivity index (χ0n) is 17.3. The van der Waals surface area contributed by atoms with Crippen molar-refractivity contribution in [1.29, 1.82) is 0 Å². The minimum atomic E-state index is -0.450. The Morgan fingerprint density at radius 2 is 2.07 bits per heavy atom. The molecule has 158 valence electrons. The lowest BCUT2D eigenvalue weighted by Gasteiger charge is -2.39. The third-order valence-corrected chi connectivity index (χ3v) is 5.03. The van der Waals surface area contributed by atoms with Crippen LogP contribution in [-0.4, -0.2) is 53.4 Å². The Labute approximate surface area is 173 Å². The Morgan fingerprint density at radius 1 is 1.32 bits per heavy atom. The molecule has 1 fully saturated rings. The molecule has 2 rings (SSSR count). The predicted molar refractivity (Wildman–Crippen MR) is 112 cm³/mol. The van der Waals surface area contributed by atoms with Crippen molar-refractivity contribution in [2.75, 3.05) is 19.7 Å². The van der Waals surface area contributed by atoms with Crippen molar-refractivity contribution in [2.24, 2.45) is 5.73 Å². The molecule has 7 heteroatoms. The number of carbonyl (C=O) groups is 1. The van der Waals surface area contributed by atoms with Crippen LogP contribution in [0.1, 0.15) is 58.4 Å². The highest BCUT2D eigenvalue weighted by atomic mass is 35.5. The van der Waals surface area contributed by atoms with Crippen molar-refractivity contribution in [2.45, 2.75) is 77.0 Å². The Balaban J connectivity index is 1.45. The Hall–Kier alpha value is -1.37. The first-order chi connectivity index (χ1) is 13.2. The smallest absolute Gasteiger partial charge is 0.410 e. The minimum Gasteiger partial charge on any atom is -0.444 e. The number of hydrogen-bond donors (Lipinski definition) is 1. The number of unbranched alkanes of at least 4 members (excludes halogenated alkanes) is 2. The lowest BCUT2D eigenvalue weighted by molar-refractivity contribution is -0.0637. The summed E-state index contributed by atoms with van der Waals surface area (Å²) < 4.78 is 11.1. The van der Waals surface area contributed by atoms with E-state index in [1.165, 1.54) is 0 Å². The third-order valence-electron chi connectivity index (χ3n) is 4.69. The summed E-state index contributed by atoms with van der Waals surface area (Å²) >= 11 is 6.07. The number of pyridine rings is 1. The van der Waals surface area contributed by atoms with Gasteiger partial charge in [-0.15, -0.1) is 0 Å². The first kappa shape index (κ1) is 22.9. The molecule has 1 unspecified atom stereocenters. The van der Waals surface area contributed by atoms with Crippen LogP contribution in [-0.2, 0) is 15.9 Å². The van der Waals surface area contributed by atoms with E-state index in [1.807, 2.05) is 32.9 Å². The second-order valence-corrected chi connectivity index (χ2v) is 8.84. The maximum Gasteiger partial charge on any atom is 0.410 e. The predicted octanol–water partition coefficient (Wildman–Crippen LogP) is 4.19. The molecule has 0 aromatic carbocycles. The van der Waals surface area contributed by atoms with E-state index in [0.717, 1.165) is 50.7 Å². The third kappa shape index (κ3) is 8.33. The molecule has 1 atom stereocenters. The van der Waals surface area contributed by atoms with Gasteiger partial charge in [-0.1, -0.05) is 30.5 Å². The molecule has 1 aromatic rings. The van der Waals surface area contributed by atoms with E-state index in [4.69, 9.17) is 26.8 Å². The van der Waals surface area contributed by atoms with Gasteiger partial charge in [0.15, 0.2) is 0 Å². The van der Waals surface area contributed by atoms with E-state index < -0.39 is 5.60 Å². The number of aryl methyl sites for hydroxylation is 1. The van der Waals surface area contributed by atoms with Crippen molar-refractivity contribution < 1.29 is 14.3 Å². The van der Waals surface area contributed by atoms with Crippen LogP contribution in [0, 0.1) is 0 Å². The summed E-state index contributed by atoms with van der Waals surface area (Å²) in [5.41, 5.74) is 6.82. The van der Waals surface area contributed by atoms with E-state index in [-0.39, 0.29) is 18.2 Å². The molecule has 28 heavy (non-hydrogen) atoms. The van der Waals surface area contributed by atoms with E-state index in [2.05, 4.69) is 4.98 Å². The average Bonchev–Trinajstić information content (AvgIpc) is 2.56. The van der Waals surface area contributed by atoms with Gasteiger partial charge in [-0.2, -0.15) is 0 Å². The van der Waals surface area contributed by atoms with Gasteiger partial charge >= 0.3 is 6.09 Å². The van der Waals surface area contributed by atoms with Crippen LogP contribution in [0.2, 0.25) is 5.15 Å². The number of ether oxygens (including phenoxy) is 2. The number of likely N-dealkylation sites (tertiary alicyclic amines) is 1. The van der Waals surface area contributed by atoms with Crippen LogP contribution in [0.25, 0.3) is 0 Å². The molecule has 0 saturated carbocycles. The Kier molecular flexibility index (Phi) is 8.99. The lowest BCUT2D eigenvalue weighted by Crippen LogP contribution is -2.55. The van der Waals surface area contributed by atoms with E-state index in [9.17, 15) is 4.79 Å². The van der Waals surface area contributed by atoms with Crippen LogP contribution in [0.5, 0.6) is 0 Å². The first-order valence-electron chi connectivity index (χ1n) is 10.2. The molecule has 1 saturated heterocycles. The highest BCUT2D eigenvalue weighted by molar-refractivity contribution is 6.30. The lowest BCUT2D eigenvalue weighted by atomic mass is 10.0. The summed E-state index contributed by atoms with van der Waals surface area (Å²) in [5, 5.41) is 0.577. The van der Waals surface area contributed by atoms with Gasteiger partial charge in [0, 0.05) is 18.8 Å². The summed E-state index contributed by atoms with van der Waals surface area (Å²) in [4.78, 5) is 17.6. The quantitative estimate of drug-likeness (QED) is 0.461.